The first-order valence-corrected chi connectivity index (χ1v) is 4.48. The normalized spacial score (nSPS) is 10.0. The predicted octanol–water partition coefficient (Wildman–Crippen LogP) is 2.92. The van der Waals surface area contributed by atoms with E-state index < -0.39 is 0 Å². The zero-order chi connectivity index (χ0) is 8.39. The number of hydrogen-bond donors (Lipinski definition) is 1. The van der Waals surface area contributed by atoms with Crippen molar-refractivity contribution in [3.63, 3.8) is 0 Å². The fourth-order valence-corrected chi connectivity index (χ4v) is 1.66. The minimum atomic E-state index is 0.304. The Hall–Kier alpha value is -1.28. The van der Waals surface area contributed by atoms with Crippen molar-refractivity contribution in [2.75, 3.05) is 0 Å². The maximum absolute atomic E-state index is 9.21. The van der Waals surface area contributed by atoms with Crippen LogP contribution in [-0.4, -0.2) is 5.11 Å². The number of phenolic OH excluding ortho intramolecular Hbond substituents is 1. The zero-order valence-electron chi connectivity index (χ0n) is 6.32. The van der Waals surface area contributed by atoms with E-state index in [0.29, 0.717) is 5.75 Å². The van der Waals surface area contributed by atoms with E-state index in [2.05, 4.69) is 5.38 Å². The van der Waals surface area contributed by atoms with Gasteiger partial charge in [-0.25, -0.2) is 0 Å². The van der Waals surface area contributed by atoms with Crippen LogP contribution in [0.15, 0.2) is 35.7 Å². The number of thiophene rings is 1. The zero-order valence-corrected chi connectivity index (χ0v) is 7.14. The van der Waals surface area contributed by atoms with Gasteiger partial charge in [0.1, 0.15) is 5.75 Å². The Morgan fingerprint density at radius 1 is 1.25 bits per heavy atom. The number of aromatic hydroxyl groups is 1. The topological polar surface area (TPSA) is 20.2 Å². The SMILES string of the molecule is Oc1cccc(-c2c[c]sc2)c1. The summed E-state index contributed by atoms with van der Waals surface area (Å²) in [5.41, 5.74) is 2.14. The molecule has 0 aliphatic carbocycles. The Morgan fingerprint density at radius 3 is 2.83 bits per heavy atom. The molecule has 1 aromatic heterocycles. The number of benzene rings is 1. The van der Waals surface area contributed by atoms with Crippen LogP contribution in [0.4, 0.5) is 0 Å². The minimum Gasteiger partial charge on any atom is -0.508 e. The van der Waals surface area contributed by atoms with Crippen LogP contribution in [0, 0.1) is 5.38 Å². The Balaban J connectivity index is 2.48. The maximum atomic E-state index is 9.21. The van der Waals surface area contributed by atoms with Gasteiger partial charge in [0.05, 0.1) is 0 Å². The van der Waals surface area contributed by atoms with Crippen LogP contribution in [0.3, 0.4) is 0 Å². The fraction of sp³-hybridized carbons (Fsp3) is 0. The van der Waals surface area contributed by atoms with Crippen LogP contribution in [0.5, 0.6) is 5.75 Å². The molecule has 2 rings (SSSR count). The van der Waals surface area contributed by atoms with E-state index in [1.165, 1.54) is 11.3 Å². The van der Waals surface area contributed by atoms with Crippen LogP contribution in [0.1, 0.15) is 0 Å². The highest BCUT2D eigenvalue weighted by Crippen LogP contribution is 2.24. The molecule has 12 heavy (non-hydrogen) atoms. The molecule has 0 fully saturated rings. The smallest absolute Gasteiger partial charge is 0.116 e. The number of rotatable bonds is 1. The molecule has 0 aliphatic heterocycles. The largest absolute Gasteiger partial charge is 0.508 e. The fourth-order valence-electron chi connectivity index (χ4n) is 1.07. The van der Waals surface area contributed by atoms with Gasteiger partial charge in [-0.1, -0.05) is 12.1 Å². The highest BCUT2D eigenvalue weighted by atomic mass is 32.1. The van der Waals surface area contributed by atoms with Crippen molar-refractivity contribution in [3.8, 4) is 16.9 Å². The molecular formula is C10H7OS. The van der Waals surface area contributed by atoms with E-state index in [1.807, 2.05) is 23.6 Å². The summed E-state index contributed by atoms with van der Waals surface area (Å²) in [6, 6.07) is 9.13. The van der Waals surface area contributed by atoms with Gasteiger partial charge in [0, 0.05) is 5.38 Å². The summed E-state index contributed by atoms with van der Waals surface area (Å²) < 4.78 is 0. The Morgan fingerprint density at radius 2 is 2.17 bits per heavy atom. The van der Waals surface area contributed by atoms with Gasteiger partial charge in [-0.15, -0.1) is 11.3 Å². The summed E-state index contributed by atoms with van der Waals surface area (Å²) in [7, 11) is 0. The first kappa shape index (κ1) is 7.37. The third-order valence-electron chi connectivity index (χ3n) is 1.65. The average molecular weight is 175 g/mol. The van der Waals surface area contributed by atoms with Crippen LogP contribution >= 0.6 is 11.3 Å². The average Bonchev–Trinajstić information content (AvgIpc) is 2.56. The molecule has 0 bridgehead atoms. The number of phenols is 1. The Kier molecular flexibility index (Phi) is 1.84. The van der Waals surface area contributed by atoms with Crippen LogP contribution < -0.4 is 0 Å². The Bertz CT molecular complexity index is 365. The van der Waals surface area contributed by atoms with Gasteiger partial charge in [0.2, 0.25) is 0 Å². The van der Waals surface area contributed by atoms with E-state index in [0.717, 1.165) is 11.1 Å². The van der Waals surface area contributed by atoms with Crippen molar-refractivity contribution in [2.45, 2.75) is 0 Å². The molecule has 59 valence electrons. The van der Waals surface area contributed by atoms with Crippen LogP contribution in [0.2, 0.25) is 0 Å². The molecule has 0 atom stereocenters. The molecule has 0 saturated heterocycles. The van der Waals surface area contributed by atoms with Gasteiger partial charge in [-0.2, -0.15) is 0 Å². The van der Waals surface area contributed by atoms with Crippen molar-refractivity contribution < 1.29 is 5.11 Å². The lowest BCUT2D eigenvalue weighted by molar-refractivity contribution is 0.475. The molecule has 1 heterocycles. The van der Waals surface area contributed by atoms with Crippen LogP contribution in [-0.2, 0) is 0 Å². The predicted molar refractivity (Wildman–Crippen MR) is 50.3 cm³/mol. The molecule has 1 radical (unpaired) electrons. The Labute approximate surface area is 74.9 Å². The molecule has 0 aliphatic rings. The molecule has 1 N–H and O–H groups in total. The lowest BCUT2D eigenvalue weighted by atomic mass is 10.1. The van der Waals surface area contributed by atoms with E-state index in [1.54, 1.807) is 12.1 Å². The summed E-state index contributed by atoms with van der Waals surface area (Å²) in [5.74, 6) is 0.304. The third kappa shape index (κ3) is 1.34. The summed E-state index contributed by atoms with van der Waals surface area (Å²) in [5, 5.41) is 14.2. The highest BCUT2D eigenvalue weighted by Gasteiger charge is 1.97. The molecule has 0 saturated carbocycles. The van der Waals surface area contributed by atoms with Gasteiger partial charge < -0.3 is 5.11 Å². The maximum Gasteiger partial charge on any atom is 0.116 e. The molecule has 0 spiro atoms. The van der Waals surface area contributed by atoms with Crippen molar-refractivity contribution in [3.05, 3.63) is 41.1 Å². The second-order valence-electron chi connectivity index (χ2n) is 2.50. The molecule has 1 nitrogen and oxygen atoms in total. The highest BCUT2D eigenvalue weighted by molar-refractivity contribution is 7.07. The molecule has 1 aromatic carbocycles. The summed E-state index contributed by atoms with van der Waals surface area (Å²) >= 11 is 1.53. The van der Waals surface area contributed by atoms with E-state index in [4.69, 9.17) is 0 Å². The van der Waals surface area contributed by atoms with Gasteiger partial charge >= 0.3 is 0 Å². The molecular weight excluding hydrogens is 168 g/mol. The van der Waals surface area contributed by atoms with Gasteiger partial charge in [-0.3, -0.25) is 0 Å². The van der Waals surface area contributed by atoms with Crippen molar-refractivity contribution in [1.82, 2.24) is 0 Å². The summed E-state index contributed by atoms with van der Waals surface area (Å²) in [6.07, 6.45) is 0. The lowest BCUT2D eigenvalue weighted by Crippen LogP contribution is -1.71. The lowest BCUT2D eigenvalue weighted by Gasteiger charge is -1.97. The monoisotopic (exact) mass is 175 g/mol. The minimum absolute atomic E-state index is 0.304. The van der Waals surface area contributed by atoms with Crippen molar-refractivity contribution in [2.24, 2.45) is 0 Å². The molecule has 2 heteroatoms. The van der Waals surface area contributed by atoms with Gasteiger partial charge in [0.25, 0.3) is 0 Å². The van der Waals surface area contributed by atoms with Gasteiger partial charge in [0.15, 0.2) is 0 Å². The molecule has 2 aromatic rings. The van der Waals surface area contributed by atoms with E-state index in [-0.39, 0.29) is 0 Å². The molecule has 0 amide bonds. The third-order valence-corrected chi connectivity index (χ3v) is 2.27. The van der Waals surface area contributed by atoms with E-state index in [9.17, 15) is 5.11 Å². The van der Waals surface area contributed by atoms with Crippen molar-refractivity contribution >= 4 is 11.3 Å². The van der Waals surface area contributed by atoms with Crippen LogP contribution in [0.25, 0.3) is 11.1 Å². The van der Waals surface area contributed by atoms with E-state index >= 15 is 0 Å². The molecule has 0 unspecified atom stereocenters. The standard InChI is InChI=1S/C10H7OS/c11-10-3-1-2-8(6-10)9-4-5-12-7-9/h1-4,6-7,11H. The number of hydrogen-bond acceptors (Lipinski definition) is 2. The second kappa shape index (κ2) is 2.99. The summed E-state index contributed by atoms with van der Waals surface area (Å²) in [4.78, 5) is 0. The first-order chi connectivity index (χ1) is 5.86. The van der Waals surface area contributed by atoms with Gasteiger partial charge in [-0.05, 0) is 34.7 Å². The van der Waals surface area contributed by atoms with Crippen molar-refractivity contribution in [1.29, 1.82) is 0 Å². The quantitative estimate of drug-likeness (QED) is 0.706. The summed E-state index contributed by atoms with van der Waals surface area (Å²) in [6.45, 7) is 0. The second-order valence-corrected chi connectivity index (χ2v) is 3.21. The first-order valence-electron chi connectivity index (χ1n) is 3.60.